The van der Waals surface area contributed by atoms with Gasteiger partial charge in [-0.2, -0.15) is 0 Å². The van der Waals surface area contributed by atoms with Gasteiger partial charge in [-0.05, 0) is 70.7 Å². The van der Waals surface area contributed by atoms with Gasteiger partial charge in [0.1, 0.15) is 11.5 Å². The Morgan fingerprint density at radius 1 is 1.33 bits per heavy atom. The van der Waals surface area contributed by atoms with E-state index in [-0.39, 0.29) is 30.8 Å². The highest BCUT2D eigenvalue weighted by molar-refractivity contribution is 6.08. The molecule has 0 aliphatic rings. The molecule has 4 N–H and O–H groups in total. The fourth-order valence-corrected chi connectivity index (χ4v) is 3.78. The molecular weight excluding hydrogens is 426 g/mol. The quantitative estimate of drug-likeness (QED) is 0.322. The van der Waals surface area contributed by atoms with E-state index in [9.17, 15) is 14.3 Å². The fourth-order valence-electron chi connectivity index (χ4n) is 3.78. The van der Waals surface area contributed by atoms with Gasteiger partial charge < -0.3 is 21.1 Å². The standard InChI is InChI=1S/C25H38F2N4O2/c1-6-31(16-25(27,10-9-17(2)3)11-13-29-15-24(4,5)33)23(32)19-14-20(26)21(28)18-8-7-12-30-22(18)19/h7-8,12,14,17,29,33H,6,9-11,13,15-16,28H2,1-5H3. The maximum atomic E-state index is 16.1. The van der Waals surface area contributed by atoms with Crippen molar-refractivity contribution in [2.75, 3.05) is 31.9 Å². The van der Waals surface area contributed by atoms with Crippen LogP contribution in [0.4, 0.5) is 14.5 Å². The summed E-state index contributed by atoms with van der Waals surface area (Å²) in [5, 5.41) is 13.3. The SMILES string of the molecule is CCN(CC(F)(CCNCC(C)(C)O)CCC(C)C)C(=O)c1cc(F)c(N)c2cccnc12. The van der Waals surface area contributed by atoms with Gasteiger partial charge >= 0.3 is 0 Å². The van der Waals surface area contributed by atoms with E-state index in [0.717, 1.165) is 6.07 Å². The lowest BCUT2D eigenvalue weighted by atomic mass is 9.91. The van der Waals surface area contributed by atoms with Crippen LogP contribution in [0.2, 0.25) is 0 Å². The molecular formula is C25H38F2N4O2. The number of halogens is 2. The zero-order valence-corrected chi connectivity index (χ0v) is 20.4. The molecule has 2 rings (SSSR count). The largest absolute Gasteiger partial charge is 0.396 e. The van der Waals surface area contributed by atoms with Gasteiger partial charge in [-0.25, -0.2) is 8.78 Å². The average molecular weight is 465 g/mol. The van der Waals surface area contributed by atoms with Crippen LogP contribution in [0.5, 0.6) is 0 Å². The molecule has 0 radical (unpaired) electrons. The van der Waals surface area contributed by atoms with Crippen molar-refractivity contribution >= 4 is 22.5 Å². The number of fused-ring (bicyclic) bond motifs is 1. The number of amides is 1. The molecule has 1 unspecified atom stereocenters. The number of benzene rings is 1. The van der Waals surface area contributed by atoms with E-state index in [1.54, 1.807) is 32.9 Å². The van der Waals surface area contributed by atoms with Crippen LogP contribution in [0.15, 0.2) is 24.4 Å². The number of nitrogens with zero attached hydrogens (tertiary/aromatic N) is 2. The number of aliphatic hydroxyl groups is 1. The predicted molar refractivity (Wildman–Crippen MR) is 129 cm³/mol. The molecule has 2 aromatic rings. The van der Waals surface area contributed by atoms with E-state index >= 15 is 4.39 Å². The van der Waals surface area contributed by atoms with E-state index in [1.165, 1.54) is 11.1 Å². The molecule has 0 aliphatic carbocycles. The predicted octanol–water partition coefficient (Wildman–Crippen LogP) is 4.31. The van der Waals surface area contributed by atoms with E-state index in [1.807, 2.05) is 13.8 Å². The normalized spacial score (nSPS) is 14.0. The van der Waals surface area contributed by atoms with Gasteiger partial charge in [0.2, 0.25) is 0 Å². The molecule has 33 heavy (non-hydrogen) atoms. The van der Waals surface area contributed by atoms with Crippen LogP contribution in [0, 0.1) is 11.7 Å². The summed E-state index contributed by atoms with van der Waals surface area (Å²) in [4.78, 5) is 19.0. The summed E-state index contributed by atoms with van der Waals surface area (Å²) >= 11 is 0. The number of nitrogen functional groups attached to an aromatic ring is 1. The molecule has 184 valence electrons. The van der Waals surface area contributed by atoms with Crippen molar-refractivity contribution in [3.63, 3.8) is 0 Å². The molecule has 0 fully saturated rings. The lowest BCUT2D eigenvalue weighted by Gasteiger charge is -2.33. The Kier molecular flexibility index (Phi) is 9.14. The van der Waals surface area contributed by atoms with Crippen LogP contribution in [-0.2, 0) is 0 Å². The van der Waals surface area contributed by atoms with Gasteiger partial charge in [0, 0.05) is 24.7 Å². The van der Waals surface area contributed by atoms with Gasteiger partial charge in [-0.3, -0.25) is 9.78 Å². The van der Waals surface area contributed by atoms with Crippen LogP contribution in [0.25, 0.3) is 10.9 Å². The van der Waals surface area contributed by atoms with E-state index in [4.69, 9.17) is 5.73 Å². The Bertz CT molecular complexity index is 946. The smallest absolute Gasteiger partial charge is 0.256 e. The number of carbonyl (C=O) groups is 1. The van der Waals surface area contributed by atoms with Crippen LogP contribution < -0.4 is 11.1 Å². The topological polar surface area (TPSA) is 91.5 Å². The van der Waals surface area contributed by atoms with Crippen LogP contribution in [0.1, 0.15) is 64.2 Å². The number of pyridine rings is 1. The second kappa shape index (κ2) is 11.2. The lowest BCUT2D eigenvalue weighted by Crippen LogP contribution is -2.45. The second-order valence-corrected chi connectivity index (χ2v) is 9.86. The van der Waals surface area contributed by atoms with Crippen molar-refractivity contribution < 1.29 is 18.7 Å². The highest BCUT2D eigenvalue weighted by Crippen LogP contribution is 2.30. The Labute approximate surface area is 195 Å². The monoisotopic (exact) mass is 464 g/mol. The number of carbonyl (C=O) groups excluding carboxylic acids is 1. The minimum Gasteiger partial charge on any atom is -0.396 e. The Balaban J connectivity index is 2.27. The number of alkyl halides is 1. The molecule has 1 atom stereocenters. The van der Waals surface area contributed by atoms with Gasteiger partial charge in [0.05, 0.1) is 28.9 Å². The molecule has 1 amide bonds. The van der Waals surface area contributed by atoms with Crippen LogP contribution >= 0.6 is 0 Å². The van der Waals surface area contributed by atoms with E-state index < -0.39 is 23.0 Å². The van der Waals surface area contributed by atoms with Crippen LogP contribution in [0.3, 0.4) is 0 Å². The van der Waals surface area contributed by atoms with Crippen molar-refractivity contribution in [2.45, 2.75) is 65.2 Å². The van der Waals surface area contributed by atoms with Gasteiger partial charge in [0.15, 0.2) is 0 Å². The molecule has 1 aromatic heterocycles. The third kappa shape index (κ3) is 7.61. The number of nitrogens with two attached hydrogens (primary N) is 1. The van der Waals surface area contributed by atoms with Gasteiger partial charge in [-0.1, -0.05) is 13.8 Å². The number of nitrogens with one attached hydrogen (secondary N) is 1. The van der Waals surface area contributed by atoms with Crippen molar-refractivity contribution in [1.82, 2.24) is 15.2 Å². The van der Waals surface area contributed by atoms with E-state index in [2.05, 4.69) is 10.3 Å². The summed E-state index contributed by atoms with van der Waals surface area (Å²) < 4.78 is 30.6. The zero-order valence-electron chi connectivity index (χ0n) is 20.4. The lowest BCUT2D eigenvalue weighted by molar-refractivity contribution is 0.0475. The number of hydrogen-bond donors (Lipinski definition) is 3. The molecule has 0 saturated heterocycles. The third-order valence-electron chi connectivity index (χ3n) is 5.73. The number of rotatable bonds is 12. The van der Waals surface area contributed by atoms with Gasteiger partial charge in [-0.15, -0.1) is 0 Å². The van der Waals surface area contributed by atoms with Gasteiger partial charge in [0.25, 0.3) is 5.91 Å². The number of aromatic nitrogens is 1. The Hall–Kier alpha value is -2.32. The van der Waals surface area contributed by atoms with Crippen molar-refractivity contribution in [1.29, 1.82) is 0 Å². The first-order chi connectivity index (χ1) is 15.4. The first kappa shape index (κ1) is 26.9. The molecule has 1 aromatic carbocycles. The number of anilines is 1. The molecule has 1 heterocycles. The maximum absolute atomic E-state index is 16.1. The Morgan fingerprint density at radius 2 is 2.03 bits per heavy atom. The summed E-state index contributed by atoms with van der Waals surface area (Å²) in [6.07, 6.45) is 2.68. The first-order valence-corrected chi connectivity index (χ1v) is 11.6. The first-order valence-electron chi connectivity index (χ1n) is 11.6. The molecule has 0 spiro atoms. The summed E-state index contributed by atoms with van der Waals surface area (Å²) in [7, 11) is 0. The van der Waals surface area contributed by atoms with Crippen LogP contribution in [-0.4, -0.2) is 58.3 Å². The average Bonchev–Trinajstić information content (AvgIpc) is 2.75. The van der Waals surface area contributed by atoms with E-state index in [0.29, 0.717) is 42.8 Å². The minimum absolute atomic E-state index is 0.0626. The molecule has 0 saturated carbocycles. The van der Waals surface area contributed by atoms with Crippen molar-refractivity contribution in [2.24, 2.45) is 5.92 Å². The summed E-state index contributed by atoms with van der Waals surface area (Å²) in [6, 6.07) is 4.34. The van der Waals surface area contributed by atoms with Crippen molar-refractivity contribution in [3.8, 4) is 0 Å². The fraction of sp³-hybridized carbons (Fsp3) is 0.600. The summed E-state index contributed by atoms with van der Waals surface area (Å²) in [6.45, 7) is 10.1. The Morgan fingerprint density at radius 3 is 2.64 bits per heavy atom. The third-order valence-corrected chi connectivity index (χ3v) is 5.73. The van der Waals surface area contributed by atoms with Crippen molar-refractivity contribution in [3.05, 3.63) is 35.8 Å². The molecule has 0 aliphatic heterocycles. The second-order valence-electron chi connectivity index (χ2n) is 9.86. The number of hydrogen-bond acceptors (Lipinski definition) is 5. The minimum atomic E-state index is -1.63. The molecule has 8 heteroatoms. The summed E-state index contributed by atoms with van der Waals surface area (Å²) in [5.74, 6) is -0.859. The molecule has 6 nitrogen and oxygen atoms in total. The summed E-state index contributed by atoms with van der Waals surface area (Å²) in [5.41, 5.74) is 3.64. The molecule has 0 bridgehead atoms. The highest BCUT2D eigenvalue weighted by atomic mass is 19.1. The highest BCUT2D eigenvalue weighted by Gasteiger charge is 2.34. The zero-order chi connectivity index (χ0) is 24.8. The maximum Gasteiger partial charge on any atom is 0.256 e.